The van der Waals surface area contributed by atoms with E-state index in [0.29, 0.717) is 17.4 Å². The fourth-order valence-corrected chi connectivity index (χ4v) is 2.44. The molecule has 0 aliphatic heterocycles. The molecule has 1 aromatic heterocycles. The zero-order valence-corrected chi connectivity index (χ0v) is 19.8. The van der Waals surface area contributed by atoms with E-state index in [2.05, 4.69) is 34.1 Å². The van der Waals surface area contributed by atoms with Crippen molar-refractivity contribution in [3.8, 4) is 11.5 Å². The molecule has 0 amide bonds. The minimum Gasteiger partial charge on any atom is -0.493 e. The van der Waals surface area contributed by atoms with Crippen molar-refractivity contribution in [2.24, 2.45) is 4.99 Å². The molecule has 0 spiro atoms. The molecule has 0 fully saturated rings. The average molecular weight is 403 g/mol. The molecule has 29 heavy (non-hydrogen) atoms. The first-order chi connectivity index (χ1) is 13.9. The Labute approximate surface area is 176 Å². The number of nitrogens with one attached hydrogen (secondary N) is 1. The van der Waals surface area contributed by atoms with Crippen LogP contribution in [0.15, 0.2) is 17.1 Å². The van der Waals surface area contributed by atoms with Gasteiger partial charge in [0.15, 0.2) is 17.3 Å². The fourth-order valence-electron chi connectivity index (χ4n) is 2.44. The van der Waals surface area contributed by atoms with Gasteiger partial charge in [0.2, 0.25) is 0 Å². The Morgan fingerprint density at radius 3 is 2.10 bits per heavy atom. The lowest BCUT2D eigenvalue weighted by molar-refractivity contribution is 0.353. The van der Waals surface area contributed by atoms with Crippen LogP contribution < -0.4 is 14.8 Å². The molecule has 1 aromatic carbocycles. The maximum absolute atomic E-state index is 5.39. The molecule has 6 heteroatoms. The minimum absolute atomic E-state index is 0.665. The van der Waals surface area contributed by atoms with Crippen LogP contribution in [0.2, 0.25) is 0 Å². The number of benzene rings is 1. The number of methoxy groups -OCH3 is 2. The molecule has 2 rings (SSSR count). The van der Waals surface area contributed by atoms with E-state index in [-0.39, 0.29) is 0 Å². The van der Waals surface area contributed by atoms with Crippen molar-refractivity contribution in [1.29, 1.82) is 0 Å². The Morgan fingerprint density at radius 2 is 1.62 bits per heavy atom. The molecule has 2 aromatic rings. The lowest BCUT2D eigenvalue weighted by atomic mass is 10.1. The van der Waals surface area contributed by atoms with E-state index in [9.17, 15) is 0 Å². The van der Waals surface area contributed by atoms with Crippen LogP contribution >= 0.6 is 0 Å². The van der Waals surface area contributed by atoms with Crippen LogP contribution in [0.1, 0.15) is 64.5 Å². The molecule has 0 atom stereocenters. The Morgan fingerprint density at radius 1 is 1.00 bits per heavy atom. The first-order valence-electron chi connectivity index (χ1n) is 10.2. The number of aromatic nitrogens is 2. The molecular formula is C23H38N4O2. The summed E-state index contributed by atoms with van der Waals surface area (Å²) in [4.78, 5) is 13.2. The van der Waals surface area contributed by atoms with E-state index in [0.717, 1.165) is 28.4 Å². The van der Waals surface area contributed by atoms with E-state index < -0.39 is 0 Å². The highest BCUT2D eigenvalue weighted by molar-refractivity contribution is 5.75. The molecule has 0 bridgehead atoms. The monoisotopic (exact) mass is 402 g/mol. The lowest BCUT2D eigenvalue weighted by Gasteiger charge is -2.15. The van der Waals surface area contributed by atoms with Crippen molar-refractivity contribution in [3.63, 3.8) is 0 Å². The molecule has 0 unspecified atom stereocenters. The second-order valence-electron chi connectivity index (χ2n) is 6.09. The summed E-state index contributed by atoms with van der Waals surface area (Å²) >= 11 is 0. The first kappa shape index (κ1) is 26.4. The highest BCUT2D eigenvalue weighted by Crippen LogP contribution is 2.36. The quantitative estimate of drug-likeness (QED) is 0.543. The summed E-state index contributed by atoms with van der Waals surface area (Å²) in [6.07, 6.45) is 4.37. The zero-order valence-electron chi connectivity index (χ0n) is 19.8. The highest BCUT2D eigenvalue weighted by atomic mass is 16.5. The Balaban J connectivity index is 0.00000116. The number of ether oxygens (including phenoxy) is 2. The number of nitrogens with zero attached hydrogens (tertiary/aromatic N) is 3. The predicted octanol–water partition coefficient (Wildman–Crippen LogP) is 6.72. The van der Waals surface area contributed by atoms with Gasteiger partial charge in [-0.25, -0.2) is 9.97 Å². The van der Waals surface area contributed by atoms with E-state index in [4.69, 9.17) is 9.47 Å². The van der Waals surface area contributed by atoms with E-state index >= 15 is 0 Å². The van der Waals surface area contributed by atoms with Crippen molar-refractivity contribution in [2.75, 3.05) is 19.5 Å². The fraction of sp³-hybridized carbons (Fsp3) is 0.522. The normalized spacial score (nSPS) is 9.86. The minimum atomic E-state index is 0.665. The van der Waals surface area contributed by atoms with Gasteiger partial charge in [0.05, 0.1) is 19.9 Å². The second-order valence-corrected chi connectivity index (χ2v) is 6.09. The highest BCUT2D eigenvalue weighted by Gasteiger charge is 2.13. The topological polar surface area (TPSA) is 68.6 Å². The van der Waals surface area contributed by atoms with Crippen LogP contribution in [0, 0.1) is 20.8 Å². The Hall–Kier alpha value is -2.63. The van der Waals surface area contributed by atoms with Gasteiger partial charge in [-0.3, -0.25) is 4.99 Å². The summed E-state index contributed by atoms with van der Waals surface area (Å²) in [5.41, 5.74) is 3.38. The van der Waals surface area contributed by atoms with Crippen LogP contribution in [0.5, 0.6) is 11.5 Å². The van der Waals surface area contributed by atoms with Crippen molar-refractivity contribution in [2.45, 2.75) is 68.2 Å². The smallest absolute Gasteiger partial charge is 0.163 e. The summed E-state index contributed by atoms with van der Waals surface area (Å²) in [6, 6.07) is 3.85. The summed E-state index contributed by atoms with van der Waals surface area (Å²) < 4.78 is 10.8. The third kappa shape index (κ3) is 8.10. The van der Waals surface area contributed by atoms with Gasteiger partial charge in [-0.2, -0.15) is 0 Å². The lowest BCUT2D eigenvalue weighted by Crippen LogP contribution is -2.02. The largest absolute Gasteiger partial charge is 0.493 e. The average Bonchev–Trinajstić information content (AvgIpc) is 2.71. The van der Waals surface area contributed by atoms with Crippen molar-refractivity contribution >= 4 is 23.4 Å². The molecule has 0 saturated carbocycles. The summed E-state index contributed by atoms with van der Waals surface area (Å²) in [7, 11) is 3.25. The summed E-state index contributed by atoms with van der Waals surface area (Å²) in [5.74, 6) is 2.75. The molecule has 1 heterocycles. The Bertz CT molecular complexity index is 772. The van der Waals surface area contributed by atoms with Crippen LogP contribution in [0.25, 0.3) is 0 Å². The third-order valence-corrected chi connectivity index (χ3v) is 3.86. The standard InChI is InChI=1S/C17H22N4O2.C4H10.C2H6/c1-7-18-15-11(3)19-12(4)20-17(15)21-13-8-10(2)16(23-6)14(9-13)22-5;1-3-4-2;1-2/h7-9H,1-6H3,(H,19,20,21);3-4H2,1-2H3;1-2H3. The number of rotatable bonds is 6. The molecule has 0 aliphatic carbocycles. The summed E-state index contributed by atoms with van der Waals surface area (Å²) in [6.45, 7) is 16.0. The molecule has 1 N–H and O–H groups in total. The predicted molar refractivity (Wildman–Crippen MR) is 125 cm³/mol. The van der Waals surface area contributed by atoms with Crippen molar-refractivity contribution in [1.82, 2.24) is 9.97 Å². The zero-order chi connectivity index (χ0) is 22.4. The van der Waals surface area contributed by atoms with Gasteiger partial charge in [-0.1, -0.05) is 40.5 Å². The van der Waals surface area contributed by atoms with Crippen LogP contribution in [-0.4, -0.2) is 30.4 Å². The SMILES string of the molecule is CC.CC=Nc1c(C)nc(C)nc1Nc1cc(C)c(OC)c(OC)c1.CCCC. The van der Waals surface area contributed by atoms with Gasteiger partial charge in [-0.05, 0) is 39.3 Å². The third-order valence-electron chi connectivity index (χ3n) is 3.86. The van der Waals surface area contributed by atoms with Gasteiger partial charge in [0.1, 0.15) is 11.5 Å². The van der Waals surface area contributed by atoms with Crippen molar-refractivity contribution < 1.29 is 9.47 Å². The molecular weight excluding hydrogens is 364 g/mol. The molecule has 0 saturated heterocycles. The molecule has 162 valence electrons. The van der Waals surface area contributed by atoms with E-state index in [1.54, 1.807) is 20.4 Å². The number of aryl methyl sites for hydroxylation is 3. The van der Waals surface area contributed by atoms with E-state index in [1.165, 1.54) is 12.8 Å². The van der Waals surface area contributed by atoms with Gasteiger partial charge in [0, 0.05) is 18.0 Å². The van der Waals surface area contributed by atoms with Gasteiger partial charge >= 0.3 is 0 Å². The van der Waals surface area contributed by atoms with Gasteiger partial charge < -0.3 is 14.8 Å². The second kappa shape index (κ2) is 14.4. The molecule has 0 radical (unpaired) electrons. The van der Waals surface area contributed by atoms with Crippen LogP contribution in [-0.2, 0) is 0 Å². The van der Waals surface area contributed by atoms with Crippen LogP contribution in [0.3, 0.4) is 0 Å². The van der Waals surface area contributed by atoms with Crippen LogP contribution in [0.4, 0.5) is 17.2 Å². The van der Waals surface area contributed by atoms with E-state index in [1.807, 2.05) is 53.7 Å². The maximum Gasteiger partial charge on any atom is 0.163 e. The Kier molecular flexibility index (Phi) is 13.1. The maximum atomic E-state index is 5.39. The number of hydrogen-bond acceptors (Lipinski definition) is 6. The number of aliphatic imine (C=N–C) groups is 1. The molecule has 0 aliphatic rings. The van der Waals surface area contributed by atoms with Gasteiger partial charge in [0.25, 0.3) is 0 Å². The first-order valence-corrected chi connectivity index (χ1v) is 10.2. The number of unbranched alkanes of at least 4 members (excludes halogenated alkanes) is 1. The number of hydrogen-bond donors (Lipinski definition) is 1. The summed E-state index contributed by atoms with van der Waals surface area (Å²) in [5, 5.41) is 3.31. The van der Waals surface area contributed by atoms with Crippen molar-refractivity contribution in [3.05, 3.63) is 29.2 Å². The number of anilines is 2. The van der Waals surface area contributed by atoms with Gasteiger partial charge in [-0.15, -0.1) is 0 Å². The molecule has 6 nitrogen and oxygen atoms in total.